The number of benzene rings is 1. The molecule has 1 saturated heterocycles. The Hall–Kier alpha value is -2.70. The molecule has 0 atom stereocenters. The number of piperazine rings is 1. The smallest absolute Gasteiger partial charge is 0.286 e. The minimum absolute atomic E-state index is 0.00703. The van der Waals surface area contributed by atoms with E-state index in [0.717, 1.165) is 32.7 Å². The Morgan fingerprint density at radius 1 is 1.42 bits per heavy atom. The molecule has 0 radical (unpaired) electrons. The zero-order valence-electron chi connectivity index (χ0n) is 14.1. The van der Waals surface area contributed by atoms with Crippen molar-refractivity contribution in [2.45, 2.75) is 6.42 Å². The lowest BCUT2D eigenvalue weighted by Crippen LogP contribution is -3.14. The van der Waals surface area contributed by atoms with Crippen molar-refractivity contribution in [1.82, 2.24) is 4.90 Å². The van der Waals surface area contributed by atoms with Crippen molar-refractivity contribution in [3.05, 3.63) is 44.8 Å². The number of thioether (sulfide) groups is 1. The zero-order chi connectivity index (χ0) is 18.5. The molecule has 1 N–H and O–H groups in total. The third kappa shape index (κ3) is 4.28. The Bertz CT molecular complexity index is 822. The first-order valence-electron chi connectivity index (χ1n) is 8.29. The molecular formula is C17H18N5O3S+. The summed E-state index contributed by atoms with van der Waals surface area (Å²) < 4.78 is 0. The van der Waals surface area contributed by atoms with Crippen molar-refractivity contribution in [2.24, 2.45) is 4.99 Å². The number of hydrogen-bond donors (Lipinski definition) is 1. The number of nitrogens with one attached hydrogen (secondary N) is 1. The van der Waals surface area contributed by atoms with Gasteiger partial charge in [0.15, 0.2) is 5.17 Å². The fourth-order valence-corrected chi connectivity index (χ4v) is 3.87. The van der Waals surface area contributed by atoms with Crippen LogP contribution in [0.25, 0.3) is 6.08 Å². The molecule has 1 aromatic rings. The van der Waals surface area contributed by atoms with E-state index < -0.39 is 4.92 Å². The van der Waals surface area contributed by atoms with E-state index in [1.54, 1.807) is 18.2 Å². The Labute approximate surface area is 154 Å². The molecule has 8 nitrogen and oxygen atoms in total. The summed E-state index contributed by atoms with van der Waals surface area (Å²) in [4.78, 5) is 30.7. The van der Waals surface area contributed by atoms with E-state index in [1.165, 1.54) is 28.8 Å². The Kier molecular flexibility index (Phi) is 5.65. The fraction of sp³-hybridized carbons (Fsp3) is 0.353. The van der Waals surface area contributed by atoms with Crippen molar-refractivity contribution in [2.75, 3.05) is 32.7 Å². The molecule has 0 unspecified atom stereocenters. The highest BCUT2D eigenvalue weighted by Crippen LogP contribution is 2.30. The van der Waals surface area contributed by atoms with Gasteiger partial charge in [-0.15, -0.1) is 0 Å². The van der Waals surface area contributed by atoms with E-state index in [1.807, 2.05) is 0 Å². The number of quaternary nitrogens is 1. The summed E-state index contributed by atoms with van der Waals surface area (Å²) in [7, 11) is 0. The van der Waals surface area contributed by atoms with E-state index in [2.05, 4.69) is 16.0 Å². The minimum Gasteiger partial charge on any atom is -0.339 e. The third-order valence-electron chi connectivity index (χ3n) is 4.32. The van der Waals surface area contributed by atoms with Gasteiger partial charge in [-0.2, -0.15) is 10.3 Å². The second-order valence-electron chi connectivity index (χ2n) is 6.06. The van der Waals surface area contributed by atoms with Crippen molar-refractivity contribution in [3.8, 4) is 6.07 Å². The zero-order valence-corrected chi connectivity index (χ0v) is 14.9. The van der Waals surface area contributed by atoms with Crippen LogP contribution in [0.4, 0.5) is 5.69 Å². The summed E-state index contributed by atoms with van der Waals surface area (Å²) in [5.74, 6) is -0.309. The van der Waals surface area contributed by atoms with Gasteiger partial charge in [0, 0.05) is 12.1 Å². The number of amides is 1. The molecule has 1 amide bonds. The number of non-ortho nitro benzene ring substituents is 1. The molecule has 0 saturated carbocycles. The molecule has 2 aliphatic heterocycles. The van der Waals surface area contributed by atoms with Crippen molar-refractivity contribution >= 4 is 34.6 Å². The molecule has 0 spiro atoms. The van der Waals surface area contributed by atoms with Crippen LogP contribution in [0, 0.1) is 21.4 Å². The van der Waals surface area contributed by atoms with E-state index in [4.69, 9.17) is 5.26 Å². The van der Waals surface area contributed by atoms with Crippen LogP contribution in [-0.4, -0.2) is 53.6 Å². The molecule has 26 heavy (non-hydrogen) atoms. The van der Waals surface area contributed by atoms with Crippen LogP contribution in [0.3, 0.4) is 0 Å². The lowest BCUT2D eigenvalue weighted by molar-refractivity contribution is -0.903. The number of aliphatic imine (C=N–C) groups is 1. The maximum absolute atomic E-state index is 12.2. The van der Waals surface area contributed by atoms with Crippen LogP contribution >= 0.6 is 11.8 Å². The summed E-state index contributed by atoms with van der Waals surface area (Å²) >= 11 is 1.31. The molecule has 9 heteroatoms. The average molecular weight is 372 g/mol. The van der Waals surface area contributed by atoms with E-state index in [-0.39, 0.29) is 11.6 Å². The third-order valence-corrected chi connectivity index (χ3v) is 5.36. The standard InChI is InChI=1S/C17H17N5O3S/c18-5-2-6-20-7-9-21(10-8-20)17-19-16(23)15(26-17)12-13-3-1-4-14(11-13)22(24)25/h1,3-4,11-12H,2,6-10H2/p+1/b15-12+. The number of nitrogens with zero attached hydrogens (tertiary/aromatic N) is 4. The van der Waals surface area contributed by atoms with Gasteiger partial charge in [-0.1, -0.05) is 12.1 Å². The molecule has 0 aliphatic carbocycles. The number of amidine groups is 1. The van der Waals surface area contributed by atoms with Gasteiger partial charge in [0.25, 0.3) is 11.6 Å². The quantitative estimate of drug-likeness (QED) is 0.473. The van der Waals surface area contributed by atoms with E-state index in [0.29, 0.717) is 22.1 Å². The number of carbonyl (C=O) groups excluding carboxylic acids is 1. The number of nitro benzene ring substituents is 1. The van der Waals surface area contributed by atoms with Gasteiger partial charge in [0.05, 0.1) is 55.0 Å². The van der Waals surface area contributed by atoms with Crippen molar-refractivity contribution < 1.29 is 14.6 Å². The second kappa shape index (κ2) is 8.12. The van der Waals surface area contributed by atoms with Gasteiger partial charge in [-0.3, -0.25) is 14.9 Å². The highest BCUT2D eigenvalue weighted by atomic mass is 32.2. The van der Waals surface area contributed by atoms with Crippen LogP contribution in [0.5, 0.6) is 0 Å². The maximum Gasteiger partial charge on any atom is 0.286 e. The van der Waals surface area contributed by atoms with Gasteiger partial charge < -0.3 is 9.80 Å². The highest BCUT2D eigenvalue weighted by molar-refractivity contribution is 8.18. The number of hydrogen-bond acceptors (Lipinski definition) is 6. The summed E-state index contributed by atoms with van der Waals surface area (Å²) in [5.41, 5.74) is 0.602. The van der Waals surface area contributed by atoms with E-state index in [9.17, 15) is 14.9 Å². The molecule has 1 fully saturated rings. The van der Waals surface area contributed by atoms with Gasteiger partial charge in [-0.25, -0.2) is 0 Å². The maximum atomic E-state index is 12.2. The van der Waals surface area contributed by atoms with E-state index >= 15 is 0 Å². The fourth-order valence-electron chi connectivity index (χ4n) is 2.91. The first-order valence-corrected chi connectivity index (χ1v) is 9.11. The number of rotatable bonds is 4. The van der Waals surface area contributed by atoms with Gasteiger partial charge in [-0.05, 0) is 23.4 Å². The first-order chi connectivity index (χ1) is 12.6. The Balaban J connectivity index is 1.63. The average Bonchev–Trinajstić information content (AvgIpc) is 3.01. The number of carbonyl (C=O) groups is 1. The first kappa shape index (κ1) is 18.1. The number of nitriles is 1. The largest absolute Gasteiger partial charge is 0.339 e. The topological polar surface area (TPSA) is 104 Å². The molecule has 0 aromatic heterocycles. The summed E-state index contributed by atoms with van der Waals surface area (Å²) in [6, 6.07) is 8.35. The van der Waals surface area contributed by atoms with Crippen LogP contribution in [0.2, 0.25) is 0 Å². The monoisotopic (exact) mass is 372 g/mol. The van der Waals surface area contributed by atoms with Crippen LogP contribution in [0.15, 0.2) is 34.2 Å². The SMILES string of the molecule is N#CCC[NH+]1CCN(C2=NC(=O)/C(=C\c3cccc([N+](=O)[O-])c3)S2)CC1. The Morgan fingerprint density at radius 3 is 2.88 bits per heavy atom. The molecule has 0 bridgehead atoms. The summed E-state index contributed by atoms with van der Waals surface area (Å²) in [6.45, 7) is 4.27. The summed E-state index contributed by atoms with van der Waals surface area (Å²) in [6.07, 6.45) is 2.20. The molecule has 2 heterocycles. The van der Waals surface area contributed by atoms with Crippen molar-refractivity contribution in [1.29, 1.82) is 5.26 Å². The predicted molar refractivity (Wildman–Crippen MR) is 98.5 cm³/mol. The highest BCUT2D eigenvalue weighted by Gasteiger charge is 2.29. The van der Waals surface area contributed by atoms with Gasteiger partial charge in [0.1, 0.15) is 0 Å². The molecule has 134 valence electrons. The lowest BCUT2D eigenvalue weighted by atomic mass is 10.2. The van der Waals surface area contributed by atoms with Crippen LogP contribution in [0.1, 0.15) is 12.0 Å². The minimum atomic E-state index is -0.457. The molecular weight excluding hydrogens is 354 g/mol. The lowest BCUT2D eigenvalue weighted by Gasteiger charge is -2.32. The molecule has 3 rings (SSSR count). The van der Waals surface area contributed by atoms with Crippen LogP contribution in [-0.2, 0) is 4.79 Å². The number of nitro groups is 1. The molecule has 2 aliphatic rings. The summed E-state index contributed by atoms with van der Waals surface area (Å²) in [5, 5.41) is 20.2. The van der Waals surface area contributed by atoms with Crippen molar-refractivity contribution in [3.63, 3.8) is 0 Å². The molecule has 1 aromatic carbocycles. The van der Waals surface area contributed by atoms with Crippen LogP contribution < -0.4 is 4.90 Å². The Morgan fingerprint density at radius 2 is 2.19 bits per heavy atom. The van der Waals surface area contributed by atoms with Gasteiger partial charge >= 0.3 is 0 Å². The van der Waals surface area contributed by atoms with Gasteiger partial charge in [0.2, 0.25) is 0 Å². The predicted octanol–water partition coefficient (Wildman–Crippen LogP) is 0.679. The normalized spacial score (nSPS) is 19.5. The second-order valence-corrected chi connectivity index (χ2v) is 7.07.